The molecule has 4 heteroatoms. The minimum atomic E-state index is -0.330. The molecule has 0 saturated heterocycles. The molecule has 1 aromatic rings. The van der Waals surface area contributed by atoms with Gasteiger partial charge in [-0.1, -0.05) is 26.7 Å². The molecule has 0 aromatic heterocycles. The first kappa shape index (κ1) is 15.4. The van der Waals surface area contributed by atoms with Crippen molar-refractivity contribution in [1.29, 1.82) is 0 Å². The van der Waals surface area contributed by atoms with Crippen LogP contribution in [-0.4, -0.2) is 7.11 Å². The van der Waals surface area contributed by atoms with E-state index in [-0.39, 0.29) is 11.9 Å². The van der Waals surface area contributed by atoms with Crippen LogP contribution < -0.4 is 10.5 Å². The molecule has 1 aromatic carbocycles. The van der Waals surface area contributed by atoms with Gasteiger partial charge in [-0.15, -0.1) is 0 Å². The van der Waals surface area contributed by atoms with Gasteiger partial charge in [-0.25, -0.2) is 4.39 Å². The summed E-state index contributed by atoms with van der Waals surface area (Å²) >= 11 is 3.19. The summed E-state index contributed by atoms with van der Waals surface area (Å²) in [6, 6.07) is 2.97. The SMILES string of the molecule is CCCCC(C)C(N)c1cc(Br)c(F)cc1OC. The maximum Gasteiger partial charge on any atom is 0.141 e. The van der Waals surface area contributed by atoms with Crippen LogP contribution in [0.4, 0.5) is 4.39 Å². The summed E-state index contributed by atoms with van der Waals surface area (Å²) in [5, 5.41) is 0. The fourth-order valence-electron chi connectivity index (χ4n) is 1.99. The Morgan fingerprint density at radius 2 is 2.11 bits per heavy atom. The van der Waals surface area contributed by atoms with Gasteiger partial charge in [0.15, 0.2) is 0 Å². The molecule has 2 N–H and O–H groups in total. The van der Waals surface area contributed by atoms with Crippen LogP contribution in [0.3, 0.4) is 0 Å². The highest BCUT2D eigenvalue weighted by Gasteiger charge is 2.20. The number of unbranched alkanes of at least 4 members (excludes halogenated alkanes) is 1. The third-order valence-corrected chi connectivity index (χ3v) is 3.87. The molecule has 0 fully saturated rings. The number of hydrogen-bond donors (Lipinski definition) is 1. The minimum absolute atomic E-state index is 0.136. The van der Waals surface area contributed by atoms with Gasteiger partial charge in [0, 0.05) is 17.7 Å². The van der Waals surface area contributed by atoms with Gasteiger partial charge in [-0.3, -0.25) is 0 Å². The van der Waals surface area contributed by atoms with E-state index in [4.69, 9.17) is 10.5 Å². The van der Waals surface area contributed by atoms with Crippen LogP contribution in [0.15, 0.2) is 16.6 Å². The standard InChI is InChI=1S/C14H21BrFNO/c1-4-5-6-9(2)14(17)10-7-11(15)12(16)8-13(10)18-3/h7-9,14H,4-6,17H2,1-3H3. The van der Waals surface area contributed by atoms with E-state index in [1.165, 1.54) is 13.2 Å². The highest BCUT2D eigenvalue weighted by Crippen LogP contribution is 2.34. The number of benzene rings is 1. The van der Waals surface area contributed by atoms with Crippen molar-refractivity contribution in [2.45, 2.75) is 39.2 Å². The van der Waals surface area contributed by atoms with Crippen LogP contribution in [0.25, 0.3) is 0 Å². The Hall–Kier alpha value is -0.610. The largest absolute Gasteiger partial charge is 0.496 e. The van der Waals surface area contributed by atoms with Crippen molar-refractivity contribution in [3.05, 3.63) is 28.0 Å². The van der Waals surface area contributed by atoms with Gasteiger partial charge in [0.25, 0.3) is 0 Å². The summed E-state index contributed by atoms with van der Waals surface area (Å²) in [5.41, 5.74) is 7.11. The first-order chi connectivity index (χ1) is 8.51. The van der Waals surface area contributed by atoms with E-state index in [1.54, 1.807) is 6.07 Å². The average Bonchev–Trinajstić information content (AvgIpc) is 2.37. The minimum Gasteiger partial charge on any atom is -0.496 e. The van der Waals surface area contributed by atoms with Crippen LogP contribution in [-0.2, 0) is 0 Å². The number of methoxy groups -OCH3 is 1. The molecule has 102 valence electrons. The van der Waals surface area contributed by atoms with Crippen LogP contribution in [0.2, 0.25) is 0 Å². The number of rotatable bonds is 6. The topological polar surface area (TPSA) is 35.2 Å². The van der Waals surface area contributed by atoms with E-state index in [1.807, 2.05) is 0 Å². The van der Waals surface area contributed by atoms with Gasteiger partial charge in [-0.2, -0.15) is 0 Å². The first-order valence-corrected chi connectivity index (χ1v) is 7.09. The number of hydrogen-bond acceptors (Lipinski definition) is 2. The fourth-order valence-corrected chi connectivity index (χ4v) is 2.35. The predicted molar refractivity (Wildman–Crippen MR) is 76.3 cm³/mol. The van der Waals surface area contributed by atoms with E-state index in [0.29, 0.717) is 16.1 Å². The van der Waals surface area contributed by atoms with Crippen LogP contribution >= 0.6 is 15.9 Å². The third kappa shape index (κ3) is 3.69. The Morgan fingerprint density at radius 3 is 2.67 bits per heavy atom. The molecule has 2 unspecified atom stereocenters. The zero-order chi connectivity index (χ0) is 13.7. The summed E-state index contributed by atoms with van der Waals surface area (Å²) in [7, 11) is 1.54. The zero-order valence-electron chi connectivity index (χ0n) is 11.2. The normalized spacial score (nSPS) is 14.3. The maximum atomic E-state index is 13.4. The average molecular weight is 318 g/mol. The van der Waals surface area contributed by atoms with Gasteiger partial charge in [0.05, 0.1) is 11.6 Å². The Morgan fingerprint density at radius 1 is 1.44 bits per heavy atom. The molecule has 18 heavy (non-hydrogen) atoms. The Balaban J connectivity index is 2.96. The van der Waals surface area contributed by atoms with Crippen LogP contribution in [0.1, 0.15) is 44.7 Å². The molecule has 0 radical (unpaired) electrons. The van der Waals surface area contributed by atoms with E-state index >= 15 is 0 Å². The first-order valence-electron chi connectivity index (χ1n) is 6.29. The smallest absolute Gasteiger partial charge is 0.141 e. The lowest BCUT2D eigenvalue weighted by Gasteiger charge is -2.22. The third-order valence-electron chi connectivity index (χ3n) is 3.26. The lowest BCUT2D eigenvalue weighted by molar-refractivity contribution is 0.377. The number of ether oxygens (including phenoxy) is 1. The second kappa shape index (κ2) is 7.10. The van der Waals surface area contributed by atoms with E-state index in [2.05, 4.69) is 29.8 Å². The maximum absolute atomic E-state index is 13.4. The molecule has 0 spiro atoms. The Bertz CT molecular complexity index is 398. The molecule has 0 aliphatic carbocycles. The highest BCUT2D eigenvalue weighted by atomic mass is 79.9. The molecular weight excluding hydrogens is 297 g/mol. The molecule has 1 rings (SSSR count). The van der Waals surface area contributed by atoms with Gasteiger partial charge in [0.1, 0.15) is 11.6 Å². The molecule has 0 saturated carbocycles. The molecule has 0 heterocycles. The van der Waals surface area contributed by atoms with Crippen LogP contribution in [0.5, 0.6) is 5.75 Å². The molecule has 0 aliphatic rings. The summed E-state index contributed by atoms with van der Waals surface area (Å²) in [6.07, 6.45) is 3.37. The second-order valence-corrected chi connectivity index (χ2v) is 5.51. The van der Waals surface area contributed by atoms with Gasteiger partial charge in [-0.05, 0) is 34.3 Å². The van der Waals surface area contributed by atoms with E-state index < -0.39 is 0 Å². The van der Waals surface area contributed by atoms with Gasteiger partial charge in [0.2, 0.25) is 0 Å². The Labute approximate surface area is 117 Å². The summed E-state index contributed by atoms with van der Waals surface area (Å²) in [5.74, 6) is 0.534. The van der Waals surface area contributed by atoms with Crippen LogP contribution in [0, 0.1) is 11.7 Å². The zero-order valence-corrected chi connectivity index (χ0v) is 12.8. The van der Waals surface area contributed by atoms with Crippen molar-refractivity contribution in [1.82, 2.24) is 0 Å². The van der Waals surface area contributed by atoms with E-state index in [0.717, 1.165) is 24.8 Å². The fraction of sp³-hybridized carbons (Fsp3) is 0.571. The quantitative estimate of drug-likeness (QED) is 0.842. The lowest BCUT2D eigenvalue weighted by atomic mass is 9.90. The van der Waals surface area contributed by atoms with Crippen molar-refractivity contribution >= 4 is 15.9 Å². The van der Waals surface area contributed by atoms with Crippen molar-refractivity contribution in [2.75, 3.05) is 7.11 Å². The van der Waals surface area contributed by atoms with Gasteiger partial charge >= 0.3 is 0 Å². The molecule has 2 nitrogen and oxygen atoms in total. The van der Waals surface area contributed by atoms with Crippen molar-refractivity contribution in [3.8, 4) is 5.75 Å². The molecule has 0 aliphatic heterocycles. The second-order valence-electron chi connectivity index (χ2n) is 4.65. The highest BCUT2D eigenvalue weighted by molar-refractivity contribution is 9.10. The summed E-state index contributed by atoms with van der Waals surface area (Å²) in [6.45, 7) is 4.28. The lowest BCUT2D eigenvalue weighted by Crippen LogP contribution is -2.20. The summed E-state index contributed by atoms with van der Waals surface area (Å²) < 4.78 is 19.1. The summed E-state index contributed by atoms with van der Waals surface area (Å²) in [4.78, 5) is 0. The van der Waals surface area contributed by atoms with E-state index in [9.17, 15) is 4.39 Å². The van der Waals surface area contributed by atoms with Crippen molar-refractivity contribution < 1.29 is 9.13 Å². The molecule has 2 atom stereocenters. The molecule has 0 bridgehead atoms. The monoisotopic (exact) mass is 317 g/mol. The van der Waals surface area contributed by atoms with Crippen molar-refractivity contribution in [3.63, 3.8) is 0 Å². The van der Waals surface area contributed by atoms with Crippen molar-refractivity contribution in [2.24, 2.45) is 11.7 Å². The number of halogens is 2. The predicted octanol–water partition coefficient (Wildman–Crippen LogP) is 4.42. The Kier molecular flexibility index (Phi) is 6.09. The molecular formula is C14H21BrFNO. The van der Waals surface area contributed by atoms with Gasteiger partial charge < -0.3 is 10.5 Å². The molecule has 0 amide bonds. The number of nitrogens with two attached hydrogens (primary N) is 1.